The van der Waals surface area contributed by atoms with E-state index in [1.54, 1.807) is 4.52 Å². The maximum atomic E-state index is 6.54. The molecule has 0 aliphatic carbocycles. The van der Waals surface area contributed by atoms with Crippen molar-refractivity contribution in [3.05, 3.63) is 64.4 Å². The zero-order valence-electron chi connectivity index (χ0n) is 18.1. The Hall–Kier alpha value is -2.67. The molecule has 1 fully saturated rings. The van der Waals surface area contributed by atoms with Crippen molar-refractivity contribution in [3.8, 4) is 28.4 Å². The van der Waals surface area contributed by atoms with Crippen LogP contribution in [-0.2, 0) is 0 Å². The van der Waals surface area contributed by atoms with E-state index in [1.807, 2.05) is 55.5 Å². The van der Waals surface area contributed by atoms with Gasteiger partial charge in [0.1, 0.15) is 17.6 Å². The minimum Gasteiger partial charge on any atom is -0.457 e. The largest absolute Gasteiger partial charge is 0.457 e. The summed E-state index contributed by atoms with van der Waals surface area (Å²) in [6, 6.07) is 16.2. The first-order chi connectivity index (χ1) is 15.4. The average Bonchev–Trinajstić information content (AvgIpc) is 3.11. The van der Waals surface area contributed by atoms with Crippen molar-refractivity contribution in [1.82, 2.24) is 24.5 Å². The lowest BCUT2D eigenvalue weighted by molar-refractivity contribution is -0.00499. The third-order valence-corrected chi connectivity index (χ3v) is 6.35. The van der Waals surface area contributed by atoms with Crippen molar-refractivity contribution >= 4 is 28.8 Å². The van der Waals surface area contributed by atoms with Crippen molar-refractivity contribution in [2.24, 2.45) is 0 Å². The van der Waals surface area contributed by atoms with E-state index in [-0.39, 0.29) is 6.10 Å². The number of halogens is 2. The van der Waals surface area contributed by atoms with Gasteiger partial charge in [-0.3, -0.25) is 4.90 Å². The summed E-state index contributed by atoms with van der Waals surface area (Å²) < 4.78 is 7.86. The van der Waals surface area contributed by atoms with Crippen LogP contribution in [0.4, 0.5) is 0 Å². The van der Waals surface area contributed by atoms with Gasteiger partial charge in [0.25, 0.3) is 0 Å². The topological polar surface area (TPSA) is 55.5 Å². The molecular formula is C24H23Cl2N5O. The normalized spacial score (nSPS) is 14.8. The van der Waals surface area contributed by atoms with Crippen molar-refractivity contribution in [3.63, 3.8) is 0 Å². The highest BCUT2D eigenvalue weighted by Gasteiger charge is 2.31. The van der Waals surface area contributed by atoms with Gasteiger partial charge in [-0.05, 0) is 44.5 Å². The molecule has 0 spiro atoms. The van der Waals surface area contributed by atoms with Gasteiger partial charge in [-0.15, -0.1) is 0 Å². The average molecular weight is 468 g/mol. The van der Waals surface area contributed by atoms with E-state index in [9.17, 15) is 0 Å². The number of likely N-dealkylation sites (tertiary alicyclic amines) is 1. The standard InChI is InChI=1S/C24H23Cl2N5O/c1-14(2)30-12-18(13-30)32-24-27-15(3)31-23(28-24)21(16-8-10-17(25)11-9-16)22(29-31)19-6-4-5-7-20(19)26/h4-11,14,18H,12-13H2,1-3H3. The van der Waals surface area contributed by atoms with E-state index in [0.717, 1.165) is 35.5 Å². The predicted molar refractivity (Wildman–Crippen MR) is 128 cm³/mol. The molecule has 0 atom stereocenters. The molecular weight excluding hydrogens is 445 g/mol. The molecule has 8 heteroatoms. The molecule has 1 saturated heterocycles. The Morgan fingerprint density at radius 3 is 2.41 bits per heavy atom. The van der Waals surface area contributed by atoms with Crippen molar-refractivity contribution in [2.45, 2.75) is 32.9 Å². The van der Waals surface area contributed by atoms with E-state index >= 15 is 0 Å². The molecule has 0 N–H and O–H groups in total. The second-order valence-corrected chi connectivity index (χ2v) is 9.13. The maximum absolute atomic E-state index is 6.54. The van der Waals surface area contributed by atoms with Crippen molar-refractivity contribution in [1.29, 1.82) is 0 Å². The number of ether oxygens (including phenoxy) is 1. The Balaban J connectivity index is 1.64. The van der Waals surface area contributed by atoms with Crippen LogP contribution in [-0.4, -0.2) is 49.7 Å². The fourth-order valence-corrected chi connectivity index (χ4v) is 4.28. The number of hydrogen-bond acceptors (Lipinski definition) is 5. The van der Waals surface area contributed by atoms with Gasteiger partial charge >= 0.3 is 6.01 Å². The minimum atomic E-state index is 0.0872. The van der Waals surface area contributed by atoms with Crippen LogP contribution in [0.1, 0.15) is 19.7 Å². The van der Waals surface area contributed by atoms with E-state index in [0.29, 0.717) is 33.6 Å². The fraction of sp³-hybridized carbons (Fsp3) is 0.292. The minimum absolute atomic E-state index is 0.0872. The third-order valence-electron chi connectivity index (χ3n) is 5.77. The SMILES string of the molecule is Cc1nc(OC2CN(C(C)C)C2)nc2c(-c3ccc(Cl)cc3)c(-c3ccccc3Cl)nn12. The highest BCUT2D eigenvalue weighted by molar-refractivity contribution is 6.33. The van der Waals surface area contributed by atoms with Crippen LogP contribution >= 0.6 is 23.2 Å². The number of rotatable bonds is 5. The number of hydrogen-bond donors (Lipinski definition) is 0. The Morgan fingerprint density at radius 2 is 1.72 bits per heavy atom. The maximum Gasteiger partial charge on any atom is 0.320 e. The summed E-state index contributed by atoms with van der Waals surface area (Å²) in [6.45, 7) is 8.02. The molecule has 6 nitrogen and oxygen atoms in total. The van der Waals surface area contributed by atoms with Crippen LogP contribution in [0, 0.1) is 6.92 Å². The van der Waals surface area contributed by atoms with Crippen LogP contribution in [0.5, 0.6) is 6.01 Å². The van der Waals surface area contributed by atoms with Crippen LogP contribution in [0.2, 0.25) is 10.0 Å². The molecule has 164 valence electrons. The van der Waals surface area contributed by atoms with Gasteiger partial charge in [-0.1, -0.05) is 53.5 Å². The van der Waals surface area contributed by atoms with E-state index in [2.05, 4.69) is 23.7 Å². The van der Waals surface area contributed by atoms with Crippen molar-refractivity contribution in [2.75, 3.05) is 13.1 Å². The van der Waals surface area contributed by atoms with Gasteiger partial charge in [-0.25, -0.2) is 0 Å². The summed E-state index contributed by atoms with van der Waals surface area (Å²) in [7, 11) is 0. The van der Waals surface area contributed by atoms with Gasteiger partial charge in [-0.2, -0.15) is 19.6 Å². The monoisotopic (exact) mass is 467 g/mol. The van der Waals surface area contributed by atoms with E-state index in [1.165, 1.54) is 0 Å². The molecule has 1 aliphatic heterocycles. The second-order valence-electron chi connectivity index (χ2n) is 8.29. The Morgan fingerprint density at radius 1 is 1.00 bits per heavy atom. The first-order valence-electron chi connectivity index (χ1n) is 10.6. The summed E-state index contributed by atoms with van der Waals surface area (Å²) in [5.74, 6) is 0.693. The van der Waals surface area contributed by atoms with Gasteiger partial charge in [0.2, 0.25) is 0 Å². The number of fused-ring (bicyclic) bond motifs is 1. The first-order valence-corrected chi connectivity index (χ1v) is 11.3. The molecule has 3 heterocycles. The summed E-state index contributed by atoms with van der Waals surface area (Å²) >= 11 is 12.7. The van der Waals surface area contributed by atoms with Crippen LogP contribution in [0.3, 0.4) is 0 Å². The zero-order chi connectivity index (χ0) is 22.4. The molecule has 0 radical (unpaired) electrons. The lowest BCUT2D eigenvalue weighted by atomic mass is 10.0. The number of aromatic nitrogens is 4. The first kappa shape index (κ1) is 21.2. The van der Waals surface area contributed by atoms with Crippen LogP contribution < -0.4 is 4.74 Å². The molecule has 4 aromatic rings. The second kappa shape index (κ2) is 8.35. The van der Waals surface area contributed by atoms with Crippen LogP contribution in [0.25, 0.3) is 28.0 Å². The molecule has 0 unspecified atom stereocenters. The highest BCUT2D eigenvalue weighted by atomic mass is 35.5. The van der Waals surface area contributed by atoms with E-state index < -0.39 is 0 Å². The Kier molecular flexibility index (Phi) is 5.53. The predicted octanol–water partition coefficient (Wildman–Crippen LogP) is 5.54. The van der Waals surface area contributed by atoms with Crippen molar-refractivity contribution < 1.29 is 4.74 Å². The van der Waals surface area contributed by atoms with E-state index in [4.69, 9.17) is 38.0 Å². The summed E-state index contributed by atoms with van der Waals surface area (Å²) in [5, 5.41) is 6.13. The summed E-state index contributed by atoms with van der Waals surface area (Å²) in [5.41, 5.74) is 4.05. The number of aryl methyl sites for hydroxylation is 1. The van der Waals surface area contributed by atoms with Gasteiger partial charge in [0, 0.05) is 29.7 Å². The Bertz CT molecular complexity index is 1280. The molecule has 1 aliphatic rings. The molecule has 2 aromatic carbocycles. The number of benzene rings is 2. The van der Waals surface area contributed by atoms with Gasteiger partial charge in [0.05, 0.1) is 10.6 Å². The summed E-state index contributed by atoms with van der Waals surface area (Å²) in [6.07, 6.45) is 0.0872. The molecule has 5 rings (SSSR count). The lowest BCUT2D eigenvalue weighted by Gasteiger charge is -2.41. The van der Waals surface area contributed by atoms with Gasteiger partial charge in [0.15, 0.2) is 5.65 Å². The lowest BCUT2D eigenvalue weighted by Crippen LogP contribution is -2.56. The molecule has 0 saturated carbocycles. The fourth-order valence-electron chi connectivity index (χ4n) is 3.93. The molecule has 32 heavy (non-hydrogen) atoms. The van der Waals surface area contributed by atoms with Gasteiger partial charge < -0.3 is 4.74 Å². The quantitative estimate of drug-likeness (QED) is 0.385. The zero-order valence-corrected chi connectivity index (χ0v) is 19.6. The summed E-state index contributed by atoms with van der Waals surface area (Å²) in [4.78, 5) is 11.7. The molecule has 0 amide bonds. The third kappa shape index (κ3) is 3.83. The molecule has 2 aromatic heterocycles. The highest BCUT2D eigenvalue weighted by Crippen LogP contribution is 2.38. The number of nitrogens with zero attached hydrogens (tertiary/aromatic N) is 5. The molecule has 0 bridgehead atoms. The van der Waals surface area contributed by atoms with Crippen LogP contribution in [0.15, 0.2) is 48.5 Å². The smallest absolute Gasteiger partial charge is 0.320 e. The Labute approximate surface area is 196 Å².